The monoisotopic (exact) mass is 250 g/mol. The van der Waals surface area contributed by atoms with Gasteiger partial charge in [0.25, 0.3) is 0 Å². The number of carbonyl (C=O) groups is 2. The van der Waals surface area contributed by atoms with Crippen molar-refractivity contribution in [2.45, 2.75) is 27.2 Å². The number of esters is 1. The van der Waals surface area contributed by atoms with Gasteiger partial charge in [0, 0.05) is 0 Å². The van der Waals surface area contributed by atoms with Crippen LogP contribution in [-0.2, 0) is 16.0 Å². The lowest BCUT2D eigenvalue weighted by molar-refractivity contribution is -0.141. The standard InChI is InChI=1S/C14H18O4/c1-8-5-9(2)12(14(17)18-4)7-11(8)6-10(3)13(15)16/h5,7,10H,6H2,1-4H3,(H,15,16). The molecule has 1 aromatic carbocycles. The van der Waals surface area contributed by atoms with E-state index < -0.39 is 17.9 Å². The lowest BCUT2D eigenvalue weighted by Crippen LogP contribution is -2.14. The maximum Gasteiger partial charge on any atom is 0.338 e. The average molecular weight is 250 g/mol. The van der Waals surface area contributed by atoms with Crippen molar-refractivity contribution in [2.75, 3.05) is 7.11 Å². The number of methoxy groups -OCH3 is 1. The highest BCUT2D eigenvalue weighted by molar-refractivity contribution is 5.91. The Hall–Kier alpha value is -1.84. The molecule has 0 radical (unpaired) electrons. The molecule has 0 aliphatic carbocycles. The fourth-order valence-corrected chi connectivity index (χ4v) is 1.86. The Morgan fingerprint density at radius 1 is 1.28 bits per heavy atom. The number of benzene rings is 1. The molecule has 0 heterocycles. The number of hydrogen-bond donors (Lipinski definition) is 1. The summed E-state index contributed by atoms with van der Waals surface area (Å²) >= 11 is 0. The lowest BCUT2D eigenvalue weighted by atomic mass is 9.93. The van der Waals surface area contributed by atoms with Gasteiger partial charge in [0.15, 0.2) is 0 Å². The van der Waals surface area contributed by atoms with Gasteiger partial charge in [0.2, 0.25) is 0 Å². The summed E-state index contributed by atoms with van der Waals surface area (Å²) in [4.78, 5) is 22.4. The quantitative estimate of drug-likeness (QED) is 0.833. The van der Waals surface area contributed by atoms with Gasteiger partial charge in [-0.3, -0.25) is 4.79 Å². The summed E-state index contributed by atoms with van der Waals surface area (Å²) in [6.45, 7) is 5.40. The number of rotatable bonds is 4. The molecule has 0 aliphatic heterocycles. The Kier molecular flexibility index (Phi) is 4.48. The Balaban J connectivity index is 3.13. The molecule has 1 aromatic rings. The van der Waals surface area contributed by atoms with Crippen LogP contribution in [0.15, 0.2) is 12.1 Å². The Labute approximate surface area is 107 Å². The van der Waals surface area contributed by atoms with E-state index in [-0.39, 0.29) is 0 Å². The van der Waals surface area contributed by atoms with E-state index in [9.17, 15) is 9.59 Å². The number of aliphatic carboxylic acids is 1. The van der Waals surface area contributed by atoms with Crippen LogP contribution in [0, 0.1) is 19.8 Å². The van der Waals surface area contributed by atoms with Crippen LogP contribution >= 0.6 is 0 Å². The zero-order valence-electron chi connectivity index (χ0n) is 11.1. The average Bonchev–Trinajstić information content (AvgIpc) is 2.31. The fourth-order valence-electron chi connectivity index (χ4n) is 1.86. The van der Waals surface area contributed by atoms with Gasteiger partial charge >= 0.3 is 11.9 Å². The third-order valence-corrected chi connectivity index (χ3v) is 3.04. The summed E-state index contributed by atoms with van der Waals surface area (Å²) in [7, 11) is 1.33. The summed E-state index contributed by atoms with van der Waals surface area (Å²) in [6, 6.07) is 3.62. The van der Waals surface area contributed by atoms with E-state index in [1.807, 2.05) is 19.9 Å². The van der Waals surface area contributed by atoms with E-state index in [0.717, 1.165) is 16.7 Å². The van der Waals surface area contributed by atoms with Crippen molar-refractivity contribution < 1.29 is 19.4 Å². The van der Waals surface area contributed by atoms with Gasteiger partial charge in [0.05, 0.1) is 18.6 Å². The summed E-state index contributed by atoms with van der Waals surface area (Å²) < 4.78 is 4.71. The Bertz CT molecular complexity index is 477. The summed E-state index contributed by atoms with van der Waals surface area (Å²) in [5.41, 5.74) is 3.20. The highest BCUT2D eigenvalue weighted by Crippen LogP contribution is 2.20. The zero-order valence-corrected chi connectivity index (χ0v) is 11.1. The van der Waals surface area contributed by atoms with Crippen molar-refractivity contribution in [3.05, 3.63) is 34.4 Å². The molecular formula is C14H18O4. The maximum absolute atomic E-state index is 11.6. The minimum atomic E-state index is -0.838. The summed E-state index contributed by atoms with van der Waals surface area (Å²) in [5.74, 6) is -1.71. The predicted octanol–water partition coefficient (Wildman–Crippen LogP) is 2.35. The first-order valence-electron chi connectivity index (χ1n) is 5.78. The van der Waals surface area contributed by atoms with E-state index in [0.29, 0.717) is 12.0 Å². The normalized spacial score (nSPS) is 12.0. The molecule has 0 fully saturated rings. The molecular weight excluding hydrogens is 232 g/mol. The number of aryl methyl sites for hydroxylation is 2. The summed E-state index contributed by atoms with van der Waals surface area (Å²) in [5, 5.41) is 8.92. The third-order valence-electron chi connectivity index (χ3n) is 3.04. The SMILES string of the molecule is COC(=O)c1cc(CC(C)C(=O)O)c(C)cc1C. The summed E-state index contributed by atoms with van der Waals surface area (Å²) in [6.07, 6.45) is 0.408. The van der Waals surface area contributed by atoms with Crippen molar-refractivity contribution in [2.24, 2.45) is 5.92 Å². The second-order valence-corrected chi connectivity index (χ2v) is 4.53. The van der Waals surface area contributed by atoms with Gasteiger partial charge in [-0.05, 0) is 43.0 Å². The minimum absolute atomic E-state index is 0.392. The molecule has 0 aliphatic rings. The third kappa shape index (κ3) is 3.09. The van der Waals surface area contributed by atoms with E-state index in [1.165, 1.54) is 7.11 Å². The highest BCUT2D eigenvalue weighted by atomic mass is 16.5. The maximum atomic E-state index is 11.6. The zero-order chi connectivity index (χ0) is 13.9. The smallest absolute Gasteiger partial charge is 0.338 e. The molecule has 1 N–H and O–H groups in total. The fraction of sp³-hybridized carbons (Fsp3) is 0.429. The molecule has 0 saturated heterocycles. The van der Waals surface area contributed by atoms with Crippen molar-refractivity contribution in [3.8, 4) is 0 Å². The number of ether oxygens (including phenoxy) is 1. The van der Waals surface area contributed by atoms with Crippen molar-refractivity contribution in [1.29, 1.82) is 0 Å². The van der Waals surface area contributed by atoms with E-state index in [4.69, 9.17) is 9.84 Å². The van der Waals surface area contributed by atoms with Gasteiger partial charge in [-0.25, -0.2) is 4.79 Å². The molecule has 1 unspecified atom stereocenters. The molecule has 0 spiro atoms. The van der Waals surface area contributed by atoms with Gasteiger partial charge in [0.1, 0.15) is 0 Å². The van der Waals surface area contributed by atoms with Crippen molar-refractivity contribution >= 4 is 11.9 Å². The lowest BCUT2D eigenvalue weighted by Gasteiger charge is -2.13. The van der Waals surface area contributed by atoms with Crippen LogP contribution in [0.1, 0.15) is 34.0 Å². The van der Waals surface area contributed by atoms with Gasteiger partial charge < -0.3 is 9.84 Å². The Morgan fingerprint density at radius 3 is 2.39 bits per heavy atom. The topological polar surface area (TPSA) is 63.6 Å². The molecule has 98 valence electrons. The van der Waals surface area contributed by atoms with Crippen LogP contribution in [0.5, 0.6) is 0 Å². The highest BCUT2D eigenvalue weighted by Gasteiger charge is 2.16. The first-order valence-corrected chi connectivity index (χ1v) is 5.78. The molecule has 0 bridgehead atoms. The molecule has 4 heteroatoms. The molecule has 0 amide bonds. The largest absolute Gasteiger partial charge is 0.481 e. The van der Waals surface area contributed by atoms with Gasteiger partial charge in [-0.1, -0.05) is 13.0 Å². The second-order valence-electron chi connectivity index (χ2n) is 4.53. The Morgan fingerprint density at radius 2 is 1.89 bits per heavy atom. The van der Waals surface area contributed by atoms with Gasteiger partial charge in [-0.2, -0.15) is 0 Å². The molecule has 1 atom stereocenters. The van der Waals surface area contributed by atoms with Gasteiger partial charge in [-0.15, -0.1) is 0 Å². The first kappa shape index (κ1) is 14.2. The second kappa shape index (κ2) is 5.67. The van der Waals surface area contributed by atoms with E-state index in [1.54, 1.807) is 13.0 Å². The number of carboxylic acid groups (broad SMARTS) is 1. The van der Waals surface area contributed by atoms with E-state index >= 15 is 0 Å². The van der Waals surface area contributed by atoms with Crippen LogP contribution in [0.25, 0.3) is 0 Å². The van der Waals surface area contributed by atoms with Crippen LogP contribution in [0.4, 0.5) is 0 Å². The number of carbonyl (C=O) groups excluding carboxylic acids is 1. The van der Waals surface area contributed by atoms with Crippen molar-refractivity contribution in [1.82, 2.24) is 0 Å². The molecule has 1 rings (SSSR count). The number of hydrogen-bond acceptors (Lipinski definition) is 3. The number of carboxylic acids is 1. The predicted molar refractivity (Wildman–Crippen MR) is 67.8 cm³/mol. The molecule has 0 aromatic heterocycles. The molecule has 0 saturated carbocycles. The van der Waals surface area contributed by atoms with Crippen LogP contribution in [0.2, 0.25) is 0 Å². The first-order chi connectivity index (χ1) is 8.36. The van der Waals surface area contributed by atoms with Crippen LogP contribution < -0.4 is 0 Å². The van der Waals surface area contributed by atoms with Crippen molar-refractivity contribution in [3.63, 3.8) is 0 Å². The van der Waals surface area contributed by atoms with E-state index in [2.05, 4.69) is 0 Å². The molecule has 18 heavy (non-hydrogen) atoms. The molecule has 4 nitrogen and oxygen atoms in total. The van der Waals surface area contributed by atoms with Crippen LogP contribution in [-0.4, -0.2) is 24.2 Å². The minimum Gasteiger partial charge on any atom is -0.481 e. The van der Waals surface area contributed by atoms with Crippen LogP contribution in [0.3, 0.4) is 0 Å².